The first-order valence-corrected chi connectivity index (χ1v) is 8.82. The number of amidine groups is 1. The van der Waals surface area contributed by atoms with Crippen molar-refractivity contribution in [2.24, 2.45) is 4.99 Å². The highest BCUT2D eigenvalue weighted by Crippen LogP contribution is 2.33. The van der Waals surface area contributed by atoms with Gasteiger partial charge < -0.3 is 4.90 Å². The largest absolute Gasteiger partial charge is 0.302 e. The van der Waals surface area contributed by atoms with Crippen LogP contribution in [0.2, 0.25) is 5.02 Å². The van der Waals surface area contributed by atoms with Crippen LogP contribution in [0.3, 0.4) is 0 Å². The van der Waals surface area contributed by atoms with Gasteiger partial charge in [0.1, 0.15) is 11.4 Å². The quantitative estimate of drug-likeness (QED) is 0.654. The molecule has 2 aliphatic rings. The van der Waals surface area contributed by atoms with Crippen molar-refractivity contribution < 1.29 is 0 Å². The van der Waals surface area contributed by atoms with Crippen LogP contribution in [0.25, 0.3) is 22.3 Å². The Morgan fingerprint density at radius 3 is 2.81 bits per heavy atom. The molecule has 0 bridgehead atoms. The summed E-state index contributed by atoms with van der Waals surface area (Å²) in [7, 11) is 0. The van der Waals surface area contributed by atoms with Gasteiger partial charge in [-0.25, -0.2) is 9.67 Å². The second kappa shape index (κ2) is 6.07. The van der Waals surface area contributed by atoms with Crippen LogP contribution in [-0.4, -0.2) is 25.7 Å². The minimum Gasteiger partial charge on any atom is -0.302 e. The summed E-state index contributed by atoms with van der Waals surface area (Å²) in [6.45, 7) is 4.02. The number of rotatable bonds is 2. The number of allylic oxidation sites excluding steroid dienone is 3. The van der Waals surface area contributed by atoms with Gasteiger partial charge in [0.05, 0.1) is 16.2 Å². The Morgan fingerprint density at radius 1 is 1.00 bits per heavy atom. The molecule has 6 heteroatoms. The van der Waals surface area contributed by atoms with E-state index in [2.05, 4.69) is 21.9 Å². The Kier molecular flexibility index (Phi) is 3.55. The van der Waals surface area contributed by atoms with E-state index in [4.69, 9.17) is 11.6 Å². The van der Waals surface area contributed by atoms with Crippen molar-refractivity contribution in [2.75, 3.05) is 0 Å². The van der Waals surface area contributed by atoms with E-state index in [1.165, 1.54) is 0 Å². The van der Waals surface area contributed by atoms with Crippen LogP contribution < -0.4 is 0 Å². The molecule has 0 saturated heterocycles. The van der Waals surface area contributed by atoms with Gasteiger partial charge in [-0.2, -0.15) is 0 Å². The van der Waals surface area contributed by atoms with Crippen molar-refractivity contribution in [3.05, 3.63) is 96.0 Å². The Hall–Kier alpha value is -3.44. The molecule has 0 amide bonds. The summed E-state index contributed by atoms with van der Waals surface area (Å²) < 4.78 is 1.77. The Balaban J connectivity index is 1.63. The fourth-order valence-electron chi connectivity index (χ4n) is 3.23. The van der Waals surface area contributed by atoms with Gasteiger partial charge in [0.25, 0.3) is 0 Å². The van der Waals surface area contributed by atoms with Crippen molar-refractivity contribution in [3.63, 3.8) is 0 Å². The summed E-state index contributed by atoms with van der Waals surface area (Å²) in [5, 5.41) is 9.12. The summed E-state index contributed by atoms with van der Waals surface area (Å²) in [5.41, 5.74) is 5.29. The molecule has 2 aromatic carbocycles. The molecule has 0 N–H and O–H groups in total. The van der Waals surface area contributed by atoms with Crippen LogP contribution in [-0.2, 0) is 0 Å². The number of benzene rings is 2. The van der Waals surface area contributed by atoms with Crippen molar-refractivity contribution in [1.29, 1.82) is 0 Å². The molecule has 0 aliphatic carbocycles. The van der Waals surface area contributed by atoms with E-state index in [1.54, 1.807) is 10.9 Å². The first kappa shape index (κ1) is 15.8. The minimum absolute atomic E-state index is 0.614. The zero-order chi connectivity index (χ0) is 18.4. The molecule has 5 rings (SSSR count). The molecule has 27 heavy (non-hydrogen) atoms. The maximum atomic E-state index is 6.79. The van der Waals surface area contributed by atoms with Crippen LogP contribution in [0.1, 0.15) is 5.56 Å². The van der Waals surface area contributed by atoms with Crippen LogP contribution in [0.5, 0.6) is 0 Å². The second-order valence-corrected chi connectivity index (χ2v) is 6.59. The zero-order valence-corrected chi connectivity index (χ0v) is 15.0. The summed E-state index contributed by atoms with van der Waals surface area (Å²) >= 11 is 6.79. The van der Waals surface area contributed by atoms with E-state index in [1.807, 2.05) is 71.8 Å². The van der Waals surface area contributed by atoms with Gasteiger partial charge >= 0.3 is 0 Å². The average Bonchev–Trinajstić information content (AvgIpc) is 3.12. The summed E-state index contributed by atoms with van der Waals surface area (Å²) in [4.78, 5) is 6.36. The lowest BCUT2D eigenvalue weighted by Crippen LogP contribution is -2.26. The molecule has 0 radical (unpaired) electrons. The predicted octanol–water partition coefficient (Wildman–Crippen LogP) is 4.73. The van der Waals surface area contributed by atoms with Crippen molar-refractivity contribution in [3.8, 4) is 5.69 Å². The monoisotopic (exact) mass is 371 g/mol. The topological polar surface area (TPSA) is 46.3 Å². The number of fused-ring (bicyclic) bond motifs is 2. The fourth-order valence-corrected chi connectivity index (χ4v) is 3.55. The highest BCUT2D eigenvalue weighted by Gasteiger charge is 2.19. The van der Waals surface area contributed by atoms with E-state index in [9.17, 15) is 0 Å². The molecule has 0 saturated carbocycles. The Bertz CT molecular complexity index is 1210. The van der Waals surface area contributed by atoms with E-state index in [0.29, 0.717) is 5.02 Å². The third kappa shape index (κ3) is 2.52. The predicted molar refractivity (Wildman–Crippen MR) is 109 cm³/mol. The van der Waals surface area contributed by atoms with E-state index in [0.717, 1.165) is 39.4 Å². The number of nitrogens with zero attached hydrogens (tertiary/aromatic N) is 5. The van der Waals surface area contributed by atoms with Crippen LogP contribution >= 0.6 is 11.6 Å². The molecule has 0 unspecified atom stereocenters. The van der Waals surface area contributed by atoms with Crippen LogP contribution in [0, 0.1) is 0 Å². The SMILES string of the molecule is C=C1C=CN=C2C=C(c3cccc(-n4nnc5ccccc54)c3Cl)C=CN12. The maximum absolute atomic E-state index is 6.79. The van der Waals surface area contributed by atoms with Gasteiger partial charge in [-0.1, -0.05) is 47.7 Å². The highest BCUT2D eigenvalue weighted by atomic mass is 35.5. The number of hydrogen-bond donors (Lipinski definition) is 0. The molecule has 0 atom stereocenters. The van der Waals surface area contributed by atoms with Gasteiger partial charge in [-0.15, -0.1) is 5.10 Å². The van der Waals surface area contributed by atoms with Crippen molar-refractivity contribution in [1.82, 2.24) is 19.9 Å². The molecule has 1 aromatic heterocycles. The summed E-state index contributed by atoms with van der Waals surface area (Å²) in [6, 6.07) is 13.7. The highest BCUT2D eigenvalue weighted by molar-refractivity contribution is 6.34. The molecular formula is C21H14ClN5. The number of hydrogen-bond acceptors (Lipinski definition) is 4. The summed E-state index contributed by atoms with van der Waals surface area (Å²) in [6.07, 6.45) is 9.58. The molecular weight excluding hydrogens is 358 g/mol. The second-order valence-electron chi connectivity index (χ2n) is 6.21. The number of aliphatic imine (C=N–C) groups is 1. The maximum Gasteiger partial charge on any atom is 0.137 e. The van der Waals surface area contributed by atoms with Crippen LogP contribution in [0.15, 0.2) is 90.4 Å². The van der Waals surface area contributed by atoms with E-state index < -0.39 is 0 Å². The number of aromatic nitrogens is 3. The molecule has 130 valence electrons. The Labute approximate surface area is 160 Å². The third-order valence-corrected chi connectivity index (χ3v) is 4.98. The summed E-state index contributed by atoms with van der Waals surface area (Å²) in [5.74, 6) is 0.813. The first-order chi connectivity index (χ1) is 13.2. The number of para-hydroxylation sites is 1. The van der Waals surface area contributed by atoms with Gasteiger partial charge in [-0.05, 0) is 42.0 Å². The average molecular weight is 372 g/mol. The Morgan fingerprint density at radius 2 is 1.89 bits per heavy atom. The smallest absolute Gasteiger partial charge is 0.137 e. The molecule has 5 nitrogen and oxygen atoms in total. The third-order valence-electron chi connectivity index (χ3n) is 4.59. The molecule has 3 heterocycles. The minimum atomic E-state index is 0.614. The molecule has 3 aromatic rings. The molecule has 0 spiro atoms. The standard InChI is InChI=1S/C21H14ClN5/c1-14-9-11-23-20-13-15(10-12-26(14)20)16-5-4-8-19(21(16)22)27-18-7-3-2-6-17(18)24-25-27/h2-13H,1H2. The van der Waals surface area contributed by atoms with Crippen LogP contribution in [0.4, 0.5) is 0 Å². The molecule has 2 aliphatic heterocycles. The lowest BCUT2D eigenvalue weighted by atomic mass is 10.0. The van der Waals surface area contributed by atoms with E-state index >= 15 is 0 Å². The fraction of sp³-hybridized carbons (Fsp3) is 0. The normalized spacial score (nSPS) is 15.7. The van der Waals surface area contributed by atoms with Crippen molar-refractivity contribution in [2.45, 2.75) is 0 Å². The van der Waals surface area contributed by atoms with Gasteiger partial charge in [0, 0.05) is 23.7 Å². The lowest BCUT2D eigenvalue weighted by Gasteiger charge is -2.26. The lowest BCUT2D eigenvalue weighted by molar-refractivity contribution is 0.709. The molecule has 0 fully saturated rings. The van der Waals surface area contributed by atoms with Gasteiger partial charge in [0.2, 0.25) is 0 Å². The van der Waals surface area contributed by atoms with E-state index in [-0.39, 0.29) is 0 Å². The number of halogens is 1. The first-order valence-electron chi connectivity index (χ1n) is 8.44. The van der Waals surface area contributed by atoms with Gasteiger partial charge in [-0.3, -0.25) is 0 Å². The van der Waals surface area contributed by atoms with Gasteiger partial charge in [0.15, 0.2) is 0 Å². The van der Waals surface area contributed by atoms with Crippen molar-refractivity contribution >= 4 is 34.0 Å². The zero-order valence-electron chi connectivity index (χ0n) is 14.2.